The van der Waals surface area contributed by atoms with E-state index in [4.69, 9.17) is 9.47 Å². The lowest BCUT2D eigenvalue weighted by molar-refractivity contribution is -0.123. The van der Waals surface area contributed by atoms with E-state index in [0.29, 0.717) is 17.8 Å². The summed E-state index contributed by atoms with van der Waals surface area (Å²) in [7, 11) is 1.69. The normalized spacial score (nSPS) is 16.7. The first kappa shape index (κ1) is 27.7. The number of nitrogens with zero attached hydrogens (tertiary/aromatic N) is 3. The molecule has 9 nitrogen and oxygen atoms in total. The summed E-state index contributed by atoms with van der Waals surface area (Å²) in [5, 5.41) is 6.07. The van der Waals surface area contributed by atoms with Crippen molar-refractivity contribution in [1.29, 1.82) is 0 Å². The Balaban J connectivity index is 1.49. The summed E-state index contributed by atoms with van der Waals surface area (Å²) in [5.41, 5.74) is 2.62. The molecule has 0 radical (unpaired) electrons. The Morgan fingerprint density at radius 1 is 0.921 bits per heavy atom. The molecule has 2 N–H and O–H groups in total. The highest BCUT2D eigenvalue weighted by Crippen LogP contribution is 2.31. The minimum atomic E-state index is -0.534. The van der Waals surface area contributed by atoms with Gasteiger partial charge in [0.15, 0.2) is 0 Å². The van der Waals surface area contributed by atoms with E-state index in [1.54, 1.807) is 13.2 Å². The molecule has 2 aliphatic rings. The molecule has 38 heavy (non-hydrogen) atoms. The Kier molecular flexibility index (Phi) is 9.12. The highest BCUT2D eigenvalue weighted by molar-refractivity contribution is 6.02. The van der Waals surface area contributed by atoms with Crippen LogP contribution in [0.5, 0.6) is 5.75 Å². The smallest absolute Gasteiger partial charge is 0.253 e. The van der Waals surface area contributed by atoms with Gasteiger partial charge in [0, 0.05) is 69.1 Å². The van der Waals surface area contributed by atoms with Gasteiger partial charge in [-0.3, -0.25) is 14.5 Å². The number of benzene rings is 2. The third-order valence-electron chi connectivity index (χ3n) is 7.04. The van der Waals surface area contributed by atoms with E-state index < -0.39 is 5.41 Å². The summed E-state index contributed by atoms with van der Waals surface area (Å²) in [5.74, 6) is 0.641. The van der Waals surface area contributed by atoms with E-state index in [1.807, 2.05) is 51.1 Å². The number of hydrogen-bond acceptors (Lipinski definition) is 7. The number of piperazine rings is 1. The van der Waals surface area contributed by atoms with Crippen LogP contribution in [-0.2, 0) is 9.53 Å². The summed E-state index contributed by atoms with van der Waals surface area (Å²) in [6.45, 7) is 13.3. The Morgan fingerprint density at radius 3 is 2.24 bits per heavy atom. The van der Waals surface area contributed by atoms with E-state index in [0.717, 1.165) is 76.2 Å². The largest absolute Gasteiger partial charge is 0.495 e. The summed E-state index contributed by atoms with van der Waals surface area (Å²) in [6.07, 6.45) is 0. The minimum absolute atomic E-state index is 0.0886. The number of carbonyl (C=O) groups is 2. The molecule has 0 saturated carbocycles. The van der Waals surface area contributed by atoms with Gasteiger partial charge in [0.25, 0.3) is 5.91 Å². The maximum atomic E-state index is 13.4. The van der Waals surface area contributed by atoms with Crippen LogP contribution in [0.3, 0.4) is 0 Å². The van der Waals surface area contributed by atoms with E-state index in [-0.39, 0.29) is 11.8 Å². The molecule has 9 heteroatoms. The van der Waals surface area contributed by atoms with Gasteiger partial charge in [-0.05, 0) is 30.3 Å². The van der Waals surface area contributed by atoms with E-state index >= 15 is 0 Å². The van der Waals surface area contributed by atoms with E-state index in [9.17, 15) is 9.59 Å². The molecule has 0 atom stereocenters. The lowest BCUT2D eigenvalue weighted by Crippen LogP contribution is -2.47. The summed E-state index contributed by atoms with van der Waals surface area (Å²) in [6, 6.07) is 13.7. The van der Waals surface area contributed by atoms with Crippen LogP contribution in [0.25, 0.3) is 0 Å². The zero-order valence-corrected chi connectivity index (χ0v) is 23.1. The molecule has 4 rings (SSSR count). The van der Waals surface area contributed by atoms with Crippen molar-refractivity contribution in [2.75, 3.05) is 87.8 Å². The van der Waals surface area contributed by atoms with Gasteiger partial charge in [-0.25, -0.2) is 0 Å². The molecule has 206 valence electrons. The first-order valence-corrected chi connectivity index (χ1v) is 13.4. The second-order valence-corrected chi connectivity index (χ2v) is 10.8. The monoisotopic (exact) mass is 523 g/mol. The number of ether oxygens (including phenoxy) is 2. The fourth-order valence-corrected chi connectivity index (χ4v) is 4.72. The molecule has 2 aliphatic heterocycles. The van der Waals surface area contributed by atoms with Gasteiger partial charge in [0.1, 0.15) is 5.75 Å². The molecular weight excluding hydrogens is 482 g/mol. The van der Waals surface area contributed by atoms with Crippen molar-refractivity contribution in [1.82, 2.24) is 10.2 Å². The summed E-state index contributed by atoms with van der Waals surface area (Å²) < 4.78 is 11.0. The fraction of sp³-hybridized carbons (Fsp3) is 0.517. The van der Waals surface area contributed by atoms with Crippen LogP contribution in [0.15, 0.2) is 42.5 Å². The minimum Gasteiger partial charge on any atom is -0.495 e. The van der Waals surface area contributed by atoms with Crippen LogP contribution < -0.4 is 25.2 Å². The van der Waals surface area contributed by atoms with Crippen molar-refractivity contribution < 1.29 is 19.1 Å². The van der Waals surface area contributed by atoms with Crippen LogP contribution in [0.1, 0.15) is 31.1 Å². The van der Waals surface area contributed by atoms with Crippen LogP contribution in [0.2, 0.25) is 0 Å². The number of methoxy groups -OCH3 is 1. The highest BCUT2D eigenvalue weighted by Gasteiger charge is 2.25. The summed E-state index contributed by atoms with van der Waals surface area (Å²) in [4.78, 5) is 32.9. The second kappa shape index (κ2) is 12.5. The zero-order chi connectivity index (χ0) is 27.1. The van der Waals surface area contributed by atoms with Crippen molar-refractivity contribution in [3.05, 3.63) is 48.0 Å². The lowest BCUT2D eigenvalue weighted by Gasteiger charge is -2.38. The van der Waals surface area contributed by atoms with Crippen molar-refractivity contribution in [2.45, 2.75) is 20.8 Å². The number of para-hydroxylation sites is 2. The maximum Gasteiger partial charge on any atom is 0.253 e. The van der Waals surface area contributed by atoms with Crippen LogP contribution >= 0.6 is 0 Å². The first-order chi connectivity index (χ1) is 18.3. The lowest BCUT2D eigenvalue weighted by atomic mass is 9.95. The van der Waals surface area contributed by atoms with Gasteiger partial charge < -0.3 is 29.9 Å². The number of rotatable bonds is 8. The Hall–Kier alpha value is -3.30. The molecule has 2 fully saturated rings. The standard InChI is InChI=1S/C29H41N5O4/c1-29(2,3)28(36)31-22-9-10-24(23(21-22)27(35)30-11-12-32-17-19-38-20-18-32)33-13-15-34(16-14-33)25-7-5-6-8-26(25)37-4/h5-10,21H,11-20H2,1-4H3,(H,30,35)(H,31,36). The number of anilines is 3. The molecule has 0 unspecified atom stereocenters. The molecule has 2 saturated heterocycles. The second-order valence-electron chi connectivity index (χ2n) is 10.8. The molecule has 2 heterocycles. The number of amides is 2. The third kappa shape index (κ3) is 6.96. The molecule has 2 amide bonds. The fourth-order valence-electron chi connectivity index (χ4n) is 4.72. The maximum absolute atomic E-state index is 13.4. The molecule has 0 aromatic heterocycles. The molecule has 2 aromatic rings. The van der Waals surface area contributed by atoms with Gasteiger partial charge in [-0.15, -0.1) is 0 Å². The molecule has 0 spiro atoms. The number of nitrogens with one attached hydrogen (secondary N) is 2. The van der Waals surface area contributed by atoms with Gasteiger partial charge in [-0.1, -0.05) is 32.9 Å². The number of hydrogen-bond donors (Lipinski definition) is 2. The van der Waals surface area contributed by atoms with Crippen LogP contribution in [-0.4, -0.2) is 89.4 Å². The predicted molar refractivity (Wildman–Crippen MR) is 152 cm³/mol. The number of carbonyl (C=O) groups excluding carboxylic acids is 2. The quantitative estimate of drug-likeness (QED) is 0.550. The van der Waals surface area contributed by atoms with Crippen molar-refractivity contribution in [3.8, 4) is 5.75 Å². The van der Waals surface area contributed by atoms with Crippen LogP contribution in [0.4, 0.5) is 17.1 Å². The SMILES string of the molecule is COc1ccccc1N1CCN(c2ccc(NC(=O)C(C)(C)C)cc2C(=O)NCCN2CCOCC2)CC1. The Labute approximate surface area is 226 Å². The van der Waals surface area contributed by atoms with Crippen molar-refractivity contribution in [2.24, 2.45) is 5.41 Å². The average molecular weight is 524 g/mol. The average Bonchev–Trinajstić information content (AvgIpc) is 2.93. The summed E-state index contributed by atoms with van der Waals surface area (Å²) >= 11 is 0. The molecule has 0 bridgehead atoms. The van der Waals surface area contributed by atoms with Gasteiger partial charge >= 0.3 is 0 Å². The van der Waals surface area contributed by atoms with E-state index in [1.165, 1.54) is 0 Å². The van der Waals surface area contributed by atoms with Crippen LogP contribution in [0, 0.1) is 5.41 Å². The highest BCUT2D eigenvalue weighted by atomic mass is 16.5. The van der Waals surface area contributed by atoms with Gasteiger partial charge in [-0.2, -0.15) is 0 Å². The molecule has 0 aliphatic carbocycles. The predicted octanol–water partition coefficient (Wildman–Crippen LogP) is 3.07. The molecular formula is C29H41N5O4. The van der Waals surface area contributed by atoms with Gasteiger partial charge in [0.2, 0.25) is 5.91 Å². The van der Waals surface area contributed by atoms with E-state index in [2.05, 4.69) is 31.4 Å². The first-order valence-electron chi connectivity index (χ1n) is 13.4. The van der Waals surface area contributed by atoms with Crippen molar-refractivity contribution in [3.63, 3.8) is 0 Å². The number of morpholine rings is 1. The Bertz CT molecular complexity index is 1100. The zero-order valence-electron chi connectivity index (χ0n) is 23.1. The molecule has 2 aromatic carbocycles. The van der Waals surface area contributed by atoms with Gasteiger partial charge in [0.05, 0.1) is 31.6 Å². The third-order valence-corrected chi connectivity index (χ3v) is 7.04. The van der Waals surface area contributed by atoms with Crippen molar-refractivity contribution >= 4 is 28.9 Å². The topological polar surface area (TPSA) is 86.4 Å². The Morgan fingerprint density at radius 2 is 1.58 bits per heavy atom.